The summed E-state index contributed by atoms with van der Waals surface area (Å²) in [5, 5.41) is 0. The summed E-state index contributed by atoms with van der Waals surface area (Å²) in [6, 6.07) is 11.3. The van der Waals surface area contributed by atoms with Crippen LogP contribution in [0.5, 0.6) is 0 Å². The van der Waals surface area contributed by atoms with Crippen LogP contribution in [0.15, 0.2) is 53.7 Å². The molecule has 3 aromatic rings. The number of nitrogens with zero attached hydrogens (tertiary/aromatic N) is 3. The fourth-order valence-electron chi connectivity index (χ4n) is 2.49. The molecule has 6 nitrogen and oxygen atoms in total. The van der Waals surface area contributed by atoms with Crippen LogP contribution < -0.4 is 4.31 Å². The van der Waals surface area contributed by atoms with Crippen LogP contribution in [0.1, 0.15) is 17.3 Å². The van der Waals surface area contributed by atoms with E-state index in [9.17, 15) is 13.2 Å². The fourth-order valence-corrected chi connectivity index (χ4v) is 3.73. The molecule has 0 radical (unpaired) electrons. The second kappa shape index (κ2) is 5.76. The Morgan fingerprint density at radius 3 is 2.62 bits per heavy atom. The Balaban J connectivity index is 2.04. The lowest BCUT2D eigenvalue weighted by Crippen LogP contribution is -2.26. The minimum atomic E-state index is -3.76. The van der Waals surface area contributed by atoms with E-state index in [1.165, 1.54) is 30.4 Å². The van der Waals surface area contributed by atoms with Crippen LogP contribution in [0.3, 0.4) is 0 Å². The molecule has 0 aliphatic carbocycles. The van der Waals surface area contributed by atoms with Crippen LogP contribution in [-0.2, 0) is 17.1 Å². The van der Waals surface area contributed by atoms with E-state index in [-0.39, 0.29) is 10.7 Å². The minimum absolute atomic E-state index is 0.0822. The monoisotopic (exact) mass is 343 g/mol. The maximum absolute atomic E-state index is 12.8. The molecule has 0 atom stereocenters. The molecular formula is C17H17N3O3S. The third kappa shape index (κ3) is 2.67. The number of anilines is 1. The minimum Gasteiger partial charge on any atom is -0.334 e. The number of ketones is 1. The highest BCUT2D eigenvalue weighted by Crippen LogP contribution is 2.25. The number of Topliss-reactive ketones (excluding diaryl/α,β-unsaturated/α-hetero) is 1. The summed E-state index contributed by atoms with van der Waals surface area (Å²) < 4.78 is 28.7. The van der Waals surface area contributed by atoms with Crippen molar-refractivity contribution in [3.8, 4) is 0 Å². The van der Waals surface area contributed by atoms with Gasteiger partial charge in [-0.15, -0.1) is 0 Å². The first kappa shape index (κ1) is 16.2. The normalized spacial score (nSPS) is 11.6. The molecule has 1 heterocycles. The number of carbonyl (C=O) groups is 1. The molecule has 0 spiro atoms. The summed E-state index contributed by atoms with van der Waals surface area (Å²) in [4.78, 5) is 15.8. The van der Waals surface area contributed by atoms with Gasteiger partial charge < -0.3 is 4.57 Å². The van der Waals surface area contributed by atoms with Gasteiger partial charge in [0.25, 0.3) is 10.0 Å². The average Bonchev–Trinajstić information content (AvgIpc) is 2.94. The molecule has 2 aromatic carbocycles. The molecular weight excluding hydrogens is 326 g/mol. The van der Waals surface area contributed by atoms with Gasteiger partial charge in [-0.2, -0.15) is 0 Å². The van der Waals surface area contributed by atoms with Gasteiger partial charge in [0, 0.05) is 19.7 Å². The zero-order chi connectivity index (χ0) is 17.5. The van der Waals surface area contributed by atoms with Gasteiger partial charge in [0.1, 0.15) is 0 Å². The Bertz CT molecular complexity index is 1040. The van der Waals surface area contributed by atoms with Crippen molar-refractivity contribution in [1.29, 1.82) is 0 Å². The summed E-state index contributed by atoms with van der Waals surface area (Å²) in [5.74, 6) is -0.176. The molecule has 0 unspecified atom stereocenters. The number of hydrogen-bond donors (Lipinski definition) is 0. The Morgan fingerprint density at radius 1 is 1.17 bits per heavy atom. The maximum atomic E-state index is 12.8. The predicted molar refractivity (Wildman–Crippen MR) is 92.7 cm³/mol. The topological polar surface area (TPSA) is 72.3 Å². The fraction of sp³-hybridized carbons (Fsp3) is 0.176. The van der Waals surface area contributed by atoms with Gasteiger partial charge in [-0.3, -0.25) is 9.10 Å². The first-order valence-electron chi connectivity index (χ1n) is 7.32. The molecule has 0 fully saturated rings. The Labute approximate surface area is 140 Å². The number of hydrogen-bond acceptors (Lipinski definition) is 4. The number of carbonyl (C=O) groups excluding carboxylic acids is 1. The van der Waals surface area contributed by atoms with Crippen molar-refractivity contribution in [1.82, 2.24) is 9.55 Å². The summed E-state index contributed by atoms with van der Waals surface area (Å²) >= 11 is 0. The quantitative estimate of drug-likeness (QED) is 0.683. The lowest BCUT2D eigenvalue weighted by Gasteiger charge is -2.20. The molecule has 0 saturated heterocycles. The van der Waals surface area contributed by atoms with Gasteiger partial charge in [-0.05, 0) is 37.3 Å². The van der Waals surface area contributed by atoms with Gasteiger partial charge in [-0.25, -0.2) is 13.4 Å². The van der Waals surface area contributed by atoms with Crippen molar-refractivity contribution >= 4 is 32.5 Å². The van der Waals surface area contributed by atoms with Crippen molar-refractivity contribution in [2.45, 2.75) is 11.8 Å². The Morgan fingerprint density at radius 2 is 1.92 bits per heavy atom. The molecule has 0 bridgehead atoms. The van der Waals surface area contributed by atoms with Gasteiger partial charge in [0.05, 0.1) is 27.9 Å². The van der Waals surface area contributed by atoms with Gasteiger partial charge in [0.2, 0.25) is 0 Å². The summed E-state index contributed by atoms with van der Waals surface area (Å²) in [6.45, 7) is 1.41. The van der Waals surface area contributed by atoms with Gasteiger partial charge in [0.15, 0.2) is 5.78 Å². The van der Waals surface area contributed by atoms with Crippen LogP contribution in [-0.4, -0.2) is 30.8 Å². The average molecular weight is 343 g/mol. The predicted octanol–water partition coefficient (Wildman–Crippen LogP) is 2.60. The molecule has 0 aliphatic rings. The standard InChI is InChI=1S/C17H17N3O3S/c1-12(21)13-5-4-6-15(9-13)24(22,23)20(3)14-7-8-17-16(10-14)18-11-19(17)2/h4-11H,1-3H3. The SMILES string of the molecule is CC(=O)c1cccc(S(=O)(=O)N(C)c2ccc3c(c2)ncn3C)c1. The number of fused-ring (bicyclic) bond motifs is 1. The van der Waals surface area contributed by atoms with E-state index in [0.717, 1.165) is 11.0 Å². The molecule has 0 N–H and O–H groups in total. The van der Waals surface area contributed by atoms with Crippen LogP contribution in [0.2, 0.25) is 0 Å². The van der Waals surface area contributed by atoms with Crippen molar-refractivity contribution in [3.05, 3.63) is 54.4 Å². The van der Waals surface area contributed by atoms with Crippen LogP contribution in [0.4, 0.5) is 5.69 Å². The van der Waals surface area contributed by atoms with E-state index < -0.39 is 10.0 Å². The Kier molecular flexibility index (Phi) is 3.88. The molecule has 0 saturated carbocycles. The number of rotatable bonds is 4. The smallest absolute Gasteiger partial charge is 0.264 e. The summed E-state index contributed by atoms with van der Waals surface area (Å²) in [5.41, 5.74) is 2.51. The van der Waals surface area contributed by atoms with Crippen molar-refractivity contribution in [2.24, 2.45) is 7.05 Å². The van der Waals surface area contributed by atoms with E-state index in [1.54, 1.807) is 30.6 Å². The van der Waals surface area contributed by atoms with Crippen LogP contribution in [0, 0.1) is 0 Å². The first-order chi connectivity index (χ1) is 11.3. The number of aryl methyl sites for hydroxylation is 1. The van der Waals surface area contributed by atoms with Crippen LogP contribution >= 0.6 is 0 Å². The maximum Gasteiger partial charge on any atom is 0.264 e. The lowest BCUT2D eigenvalue weighted by molar-refractivity contribution is 0.101. The molecule has 24 heavy (non-hydrogen) atoms. The van der Waals surface area contributed by atoms with E-state index in [0.29, 0.717) is 11.3 Å². The highest BCUT2D eigenvalue weighted by atomic mass is 32.2. The largest absolute Gasteiger partial charge is 0.334 e. The van der Waals surface area contributed by atoms with Crippen LogP contribution in [0.25, 0.3) is 11.0 Å². The molecule has 1 aromatic heterocycles. The van der Waals surface area contributed by atoms with Crippen molar-refractivity contribution in [2.75, 3.05) is 11.4 Å². The number of sulfonamides is 1. The zero-order valence-electron chi connectivity index (χ0n) is 13.6. The third-order valence-electron chi connectivity index (χ3n) is 3.97. The van der Waals surface area contributed by atoms with E-state index >= 15 is 0 Å². The Hall–Kier alpha value is -2.67. The number of benzene rings is 2. The molecule has 0 amide bonds. The van der Waals surface area contributed by atoms with Crippen molar-refractivity contribution < 1.29 is 13.2 Å². The van der Waals surface area contributed by atoms with Gasteiger partial charge >= 0.3 is 0 Å². The molecule has 7 heteroatoms. The van der Waals surface area contributed by atoms with E-state index in [2.05, 4.69) is 4.98 Å². The summed E-state index contributed by atoms with van der Waals surface area (Å²) in [7, 11) is -0.400. The van der Waals surface area contributed by atoms with Gasteiger partial charge in [-0.1, -0.05) is 12.1 Å². The highest BCUT2D eigenvalue weighted by molar-refractivity contribution is 7.92. The zero-order valence-corrected chi connectivity index (χ0v) is 14.4. The van der Waals surface area contributed by atoms with Crippen molar-refractivity contribution in [3.63, 3.8) is 0 Å². The van der Waals surface area contributed by atoms with E-state index in [4.69, 9.17) is 0 Å². The third-order valence-corrected chi connectivity index (χ3v) is 5.75. The van der Waals surface area contributed by atoms with E-state index in [1.807, 2.05) is 17.7 Å². The second-order valence-corrected chi connectivity index (χ2v) is 7.55. The number of aromatic nitrogens is 2. The number of imidazole rings is 1. The highest BCUT2D eigenvalue weighted by Gasteiger charge is 2.22. The molecule has 3 rings (SSSR count). The second-order valence-electron chi connectivity index (χ2n) is 5.59. The molecule has 0 aliphatic heterocycles. The first-order valence-corrected chi connectivity index (χ1v) is 8.76. The lowest BCUT2D eigenvalue weighted by atomic mass is 10.2. The molecule has 124 valence electrons. The summed E-state index contributed by atoms with van der Waals surface area (Å²) in [6.07, 6.45) is 1.68.